The maximum atomic E-state index is 12.2. The summed E-state index contributed by atoms with van der Waals surface area (Å²) >= 11 is 0. The highest BCUT2D eigenvalue weighted by Gasteiger charge is 2.20. The largest absolute Gasteiger partial charge is 0.344 e. The molecule has 0 aliphatic carbocycles. The van der Waals surface area contributed by atoms with E-state index in [1.807, 2.05) is 60.7 Å². The molecule has 2 aromatic carbocycles. The van der Waals surface area contributed by atoms with Crippen molar-refractivity contribution < 1.29 is 4.79 Å². The third-order valence-electron chi connectivity index (χ3n) is 3.23. The van der Waals surface area contributed by atoms with Crippen LogP contribution >= 0.6 is 0 Å². The zero-order chi connectivity index (χ0) is 15.1. The summed E-state index contributed by atoms with van der Waals surface area (Å²) in [5.74, 6) is 2.17. The number of rotatable bonds is 5. The summed E-state index contributed by atoms with van der Waals surface area (Å²) in [5.41, 5.74) is 7.79. The van der Waals surface area contributed by atoms with Crippen LogP contribution in [0, 0.1) is 12.3 Å². The fourth-order valence-electron chi connectivity index (χ4n) is 2.12. The molecule has 3 heteroatoms. The molecule has 0 aromatic heterocycles. The van der Waals surface area contributed by atoms with Crippen molar-refractivity contribution in [2.24, 2.45) is 5.73 Å². The molecule has 0 saturated carbocycles. The Kier molecular flexibility index (Phi) is 5.14. The zero-order valence-electron chi connectivity index (χ0n) is 11.7. The fourth-order valence-corrected chi connectivity index (χ4v) is 2.12. The van der Waals surface area contributed by atoms with Gasteiger partial charge in [-0.15, -0.1) is 12.3 Å². The van der Waals surface area contributed by atoms with E-state index in [1.54, 1.807) is 0 Å². The van der Waals surface area contributed by atoms with E-state index in [4.69, 9.17) is 12.2 Å². The van der Waals surface area contributed by atoms with Gasteiger partial charge in [0, 0.05) is 6.42 Å². The van der Waals surface area contributed by atoms with Crippen molar-refractivity contribution in [1.29, 1.82) is 0 Å². The number of terminal acetylenes is 1. The Morgan fingerprint density at radius 2 is 1.52 bits per heavy atom. The van der Waals surface area contributed by atoms with Crippen molar-refractivity contribution in [1.82, 2.24) is 5.32 Å². The van der Waals surface area contributed by atoms with E-state index in [2.05, 4.69) is 11.2 Å². The third kappa shape index (κ3) is 3.95. The monoisotopic (exact) mass is 278 g/mol. The van der Waals surface area contributed by atoms with Gasteiger partial charge in [0.2, 0.25) is 5.91 Å². The number of nitrogens with two attached hydrogens (primary N) is 1. The average molecular weight is 278 g/mol. The summed E-state index contributed by atoms with van der Waals surface area (Å²) in [6.45, 7) is 0. The van der Waals surface area contributed by atoms with Crippen molar-refractivity contribution >= 4 is 5.91 Å². The van der Waals surface area contributed by atoms with Crippen molar-refractivity contribution in [3.05, 3.63) is 71.8 Å². The molecule has 0 aliphatic heterocycles. The Morgan fingerprint density at radius 1 is 1.05 bits per heavy atom. The van der Waals surface area contributed by atoms with E-state index in [1.165, 1.54) is 0 Å². The quantitative estimate of drug-likeness (QED) is 0.824. The van der Waals surface area contributed by atoms with Crippen molar-refractivity contribution in [2.75, 3.05) is 0 Å². The Labute approximate surface area is 125 Å². The van der Waals surface area contributed by atoms with E-state index >= 15 is 0 Å². The Bertz CT molecular complexity index is 577. The molecule has 0 heterocycles. The van der Waals surface area contributed by atoms with Gasteiger partial charge >= 0.3 is 0 Å². The lowest BCUT2D eigenvalue weighted by molar-refractivity contribution is -0.122. The number of hydrogen-bond acceptors (Lipinski definition) is 2. The minimum absolute atomic E-state index is 0.224. The molecule has 1 atom stereocenters. The van der Waals surface area contributed by atoms with Crippen LogP contribution in [-0.2, 0) is 4.79 Å². The Balaban J connectivity index is 2.26. The molecular formula is C18H18N2O. The Hall–Kier alpha value is -2.57. The second kappa shape index (κ2) is 7.28. The molecule has 106 valence electrons. The number of benzene rings is 2. The van der Waals surface area contributed by atoms with Gasteiger partial charge in [-0.2, -0.15) is 0 Å². The minimum Gasteiger partial charge on any atom is -0.344 e. The van der Waals surface area contributed by atoms with Gasteiger partial charge in [-0.1, -0.05) is 60.7 Å². The number of nitrogens with one attached hydrogen (secondary N) is 1. The smallest absolute Gasteiger partial charge is 0.238 e. The summed E-state index contributed by atoms with van der Waals surface area (Å²) in [6.07, 6.45) is 5.43. The van der Waals surface area contributed by atoms with Gasteiger partial charge in [-0.25, -0.2) is 0 Å². The molecule has 0 fully saturated rings. The van der Waals surface area contributed by atoms with Crippen LogP contribution in [-0.4, -0.2) is 11.9 Å². The standard InChI is InChI=1S/C18H18N2O/c1-2-9-16(19)18(21)20-17(14-10-5-3-6-11-14)15-12-7-4-8-13-15/h1,3-8,10-13,16-17H,9,19H2,(H,20,21). The van der Waals surface area contributed by atoms with Gasteiger partial charge in [-0.05, 0) is 11.1 Å². The second-order valence-corrected chi connectivity index (χ2v) is 4.78. The lowest BCUT2D eigenvalue weighted by Crippen LogP contribution is -2.42. The molecule has 0 radical (unpaired) electrons. The van der Waals surface area contributed by atoms with E-state index in [-0.39, 0.29) is 18.4 Å². The number of carbonyl (C=O) groups excluding carboxylic acids is 1. The maximum absolute atomic E-state index is 12.2. The molecule has 3 N–H and O–H groups in total. The number of hydrogen-bond donors (Lipinski definition) is 2. The molecule has 2 rings (SSSR count). The van der Waals surface area contributed by atoms with Gasteiger partial charge in [0.05, 0.1) is 12.1 Å². The summed E-state index contributed by atoms with van der Waals surface area (Å²) in [5, 5.41) is 2.97. The van der Waals surface area contributed by atoms with Crippen LogP contribution in [0.25, 0.3) is 0 Å². The third-order valence-corrected chi connectivity index (χ3v) is 3.23. The molecule has 0 spiro atoms. The average Bonchev–Trinajstić information content (AvgIpc) is 2.54. The van der Waals surface area contributed by atoms with E-state index in [9.17, 15) is 4.79 Å². The minimum atomic E-state index is -0.690. The van der Waals surface area contributed by atoms with Gasteiger partial charge in [0.25, 0.3) is 0 Å². The number of carbonyl (C=O) groups is 1. The summed E-state index contributed by atoms with van der Waals surface area (Å²) in [7, 11) is 0. The highest BCUT2D eigenvalue weighted by atomic mass is 16.2. The highest BCUT2D eigenvalue weighted by Crippen LogP contribution is 2.21. The SMILES string of the molecule is C#CCC(N)C(=O)NC(c1ccccc1)c1ccccc1. The highest BCUT2D eigenvalue weighted by molar-refractivity contribution is 5.82. The number of amides is 1. The normalized spacial score (nSPS) is 11.7. The molecule has 0 bridgehead atoms. The maximum Gasteiger partial charge on any atom is 0.238 e. The molecular weight excluding hydrogens is 260 g/mol. The summed E-state index contributed by atoms with van der Waals surface area (Å²) < 4.78 is 0. The first-order valence-electron chi connectivity index (χ1n) is 6.81. The van der Waals surface area contributed by atoms with Crippen LogP contribution in [0.2, 0.25) is 0 Å². The summed E-state index contributed by atoms with van der Waals surface area (Å²) in [4.78, 5) is 12.2. The zero-order valence-corrected chi connectivity index (χ0v) is 11.7. The van der Waals surface area contributed by atoms with Gasteiger partial charge in [-0.3, -0.25) is 4.79 Å². The molecule has 21 heavy (non-hydrogen) atoms. The van der Waals surface area contributed by atoms with Crippen LogP contribution in [0.5, 0.6) is 0 Å². The van der Waals surface area contributed by atoms with Crippen LogP contribution in [0.4, 0.5) is 0 Å². The molecule has 2 aromatic rings. The van der Waals surface area contributed by atoms with Gasteiger partial charge < -0.3 is 11.1 Å². The molecule has 0 aliphatic rings. The first-order chi connectivity index (χ1) is 10.2. The lowest BCUT2D eigenvalue weighted by Gasteiger charge is -2.21. The predicted molar refractivity (Wildman–Crippen MR) is 84.3 cm³/mol. The van der Waals surface area contributed by atoms with Gasteiger partial charge in [0.1, 0.15) is 0 Å². The van der Waals surface area contributed by atoms with Crippen molar-refractivity contribution in [2.45, 2.75) is 18.5 Å². The van der Waals surface area contributed by atoms with Crippen LogP contribution < -0.4 is 11.1 Å². The predicted octanol–water partition coefficient (Wildman–Crippen LogP) is 2.24. The molecule has 1 amide bonds. The molecule has 0 saturated heterocycles. The van der Waals surface area contributed by atoms with Gasteiger partial charge in [0.15, 0.2) is 0 Å². The first kappa shape index (κ1) is 14.8. The van der Waals surface area contributed by atoms with Crippen LogP contribution in [0.15, 0.2) is 60.7 Å². The molecule has 3 nitrogen and oxygen atoms in total. The summed E-state index contributed by atoms with van der Waals surface area (Å²) in [6, 6.07) is 18.6. The van der Waals surface area contributed by atoms with Crippen molar-refractivity contribution in [3.8, 4) is 12.3 Å². The van der Waals surface area contributed by atoms with Crippen LogP contribution in [0.3, 0.4) is 0 Å². The fraction of sp³-hybridized carbons (Fsp3) is 0.167. The first-order valence-corrected chi connectivity index (χ1v) is 6.81. The lowest BCUT2D eigenvalue weighted by atomic mass is 9.98. The van der Waals surface area contributed by atoms with E-state index < -0.39 is 6.04 Å². The Morgan fingerprint density at radius 3 is 1.95 bits per heavy atom. The van der Waals surface area contributed by atoms with Crippen molar-refractivity contribution in [3.63, 3.8) is 0 Å². The second-order valence-electron chi connectivity index (χ2n) is 4.78. The van der Waals surface area contributed by atoms with E-state index in [0.717, 1.165) is 11.1 Å². The topological polar surface area (TPSA) is 55.1 Å². The van der Waals surface area contributed by atoms with Crippen LogP contribution in [0.1, 0.15) is 23.6 Å². The van der Waals surface area contributed by atoms with E-state index in [0.29, 0.717) is 0 Å². The molecule has 1 unspecified atom stereocenters.